The van der Waals surface area contributed by atoms with Crippen molar-refractivity contribution in [2.24, 2.45) is 11.8 Å². The van der Waals surface area contributed by atoms with Crippen LogP contribution < -0.4 is 4.74 Å². The summed E-state index contributed by atoms with van der Waals surface area (Å²) in [6.45, 7) is 8.66. The van der Waals surface area contributed by atoms with Gasteiger partial charge in [0.2, 0.25) is 0 Å². The van der Waals surface area contributed by atoms with Crippen molar-refractivity contribution in [2.45, 2.75) is 38.5 Å². The fraction of sp³-hybridized carbons (Fsp3) is 0.667. The molecule has 2 unspecified atom stereocenters. The summed E-state index contributed by atoms with van der Waals surface area (Å²) < 4.78 is 5.40. The molecule has 0 N–H and O–H groups in total. The van der Waals surface area contributed by atoms with Crippen LogP contribution in [0.2, 0.25) is 0 Å². The van der Waals surface area contributed by atoms with Crippen molar-refractivity contribution >= 4 is 12.4 Å². The Morgan fingerprint density at radius 3 is 2.71 bits per heavy atom. The summed E-state index contributed by atoms with van der Waals surface area (Å²) in [5, 5.41) is 0. The third kappa shape index (κ3) is 3.54. The van der Waals surface area contributed by atoms with E-state index in [9.17, 15) is 0 Å². The first-order valence-electron chi connectivity index (χ1n) is 7.98. The van der Waals surface area contributed by atoms with Crippen LogP contribution in [0.3, 0.4) is 0 Å². The standard InChI is InChI=1S/C18H27NO.ClH/c1-14-12-19(13-15-7-8-15)10-9-18(14,2)16-5-4-6-17(11-16)20-3;/h4-6,11,14-15H,7-10,12-13H2,1-3H3;1H. The number of likely N-dealkylation sites (tertiary alicyclic amines) is 1. The van der Waals surface area contributed by atoms with E-state index in [1.54, 1.807) is 7.11 Å². The zero-order chi connectivity index (χ0) is 14.2. The molecule has 0 spiro atoms. The Balaban J connectivity index is 0.00000161. The molecule has 1 aromatic carbocycles. The Bertz CT molecular complexity index is 474. The van der Waals surface area contributed by atoms with Gasteiger partial charge >= 0.3 is 0 Å². The van der Waals surface area contributed by atoms with Gasteiger partial charge in [-0.1, -0.05) is 26.0 Å². The summed E-state index contributed by atoms with van der Waals surface area (Å²) >= 11 is 0. The molecule has 0 bridgehead atoms. The van der Waals surface area contributed by atoms with Crippen molar-refractivity contribution < 1.29 is 4.74 Å². The molecule has 0 radical (unpaired) electrons. The minimum absolute atomic E-state index is 0. The number of rotatable bonds is 4. The lowest BCUT2D eigenvalue weighted by Crippen LogP contribution is -2.47. The van der Waals surface area contributed by atoms with Crippen LogP contribution in [0.4, 0.5) is 0 Å². The first-order chi connectivity index (χ1) is 9.61. The van der Waals surface area contributed by atoms with Gasteiger partial charge in [-0.05, 0) is 60.8 Å². The molecule has 2 nitrogen and oxygen atoms in total. The van der Waals surface area contributed by atoms with Crippen molar-refractivity contribution in [3.8, 4) is 5.75 Å². The maximum atomic E-state index is 5.40. The normalized spacial score (nSPS) is 29.8. The fourth-order valence-electron chi connectivity index (χ4n) is 3.56. The van der Waals surface area contributed by atoms with E-state index in [-0.39, 0.29) is 17.8 Å². The van der Waals surface area contributed by atoms with Crippen molar-refractivity contribution in [3.63, 3.8) is 0 Å². The molecule has 0 aromatic heterocycles. The Hall–Kier alpha value is -0.730. The molecule has 118 valence electrons. The lowest BCUT2D eigenvalue weighted by Gasteiger charge is -2.45. The number of hydrogen-bond donors (Lipinski definition) is 0. The Morgan fingerprint density at radius 1 is 1.33 bits per heavy atom. The van der Waals surface area contributed by atoms with Crippen molar-refractivity contribution in [3.05, 3.63) is 29.8 Å². The van der Waals surface area contributed by atoms with Crippen molar-refractivity contribution in [1.29, 1.82) is 0 Å². The third-order valence-corrected chi connectivity index (χ3v) is 5.51. The zero-order valence-electron chi connectivity index (χ0n) is 13.5. The molecule has 1 heterocycles. The molecule has 3 heteroatoms. The van der Waals surface area contributed by atoms with Gasteiger partial charge in [0.25, 0.3) is 0 Å². The summed E-state index contributed by atoms with van der Waals surface area (Å²) in [4.78, 5) is 2.68. The first kappa shape index (κ1) is 16.6. The van der Waals surface area contributed by atoms with Crippen LogP contribution in [-0.2, 0) is 5.41 Å². The molecule has 1 saturated carbocycles. The highest BCUT2D eigenvalue weighted by Gasteiger charge is 2.39. The van der Waals surface area contributed by atoms with Crippen LogP contribution in [0.25, 0.3) is 0 Å². The molecule has 1 aliphatic carbocycles. The quantitative estimate of drug-likeness (QED) is 0.829. The number of methoxy groups -OCH3 is 1. The molecule has 1 saturated heterocycles. The van der Waals surface area contributed by atoms with E-state index < -0.39 is 0 Å². The molecule has 1 aromatic rings. The van der Waals surface area contributed by atoms with Gasteiger partial charge in [0, 0.05) is 13.1 Å². The highest BCUT2D eigenvalue weighted by molar-refractivity contribution is 5.85. The van der Waals surface area contributed by atoms with Gasteiger partial charge in [-0.3, -0.25) is 0 Å². The van der Waals surface area contributed by atoms with E-state index in [2.05, 4.69) is 36.9 Å². The highest BCUT2D eigenvalue weighted by atomic mass is 35.5. The average molecular weight is 310 g/mol. The maximum absolute atomic E-state index is 5.40. The highest BCUT2D eigenvalue weighted by Crippen LogP contribution is 2.41. The zero-order valence-corrected chi connectivity index (χ0v) is 14.3. The number of halogens is 1. The van der Waals surface area contributed by atoms with Crippen molar-refractivity contribution in [2.75, 3.05) is 26.7 Å². The minimum atomic E-state index is 0. The van der Waals surface area contributed by atoms with Crippen LogP contribution in [0.15, 0.2) is 24.3 Å². The van der Waals surface area contributed by atoms with Crippen LogP contribution in [0.1, 0.15) is 38.7 Å². The summed E-state index contributed by atoms with van der Waals surface area (Å²) in [5.74, 6) is 2.68. The van der Waals surface area contributed by atoms with E-state index in [1.165, 1.54) is 44.5 Å². The number of ether oxygens (including phenoxy) is 1. The van der Waals surface area contributed by atoms with Gasteiger partial charge < -0.3 is 9.64 Å². The van der Waals surface area contributed by atoms with Crippen LogP contribution in [0.5, 0.6) is 5.75 Å². The second-order valence-corrected chi connectivity index (χ2v) is 7.00. The predicted octanol–water partition coefficient (Wildman–Crippen LogP) is 4.13. The second-order valence-electron chi connectivity index (χ2n) is 7.00. The van der Waals surface area contributed by atoms with Crippen molar-refractivity contribution in [1.82, 2.24) is 4.90 Å². The van der Waals surface area contributed by atoms with Gasteiger partial charge in [-0.15, -0.1) is 12.4 Å². The van der Waals surface area contributed by atoms with E-state index in [0.717, 1.165) is 11.7 Å². The molecule has 1 aliphatic heterocycles. The minimum Gasteiger partial charge on any atom is -0.497 e. The van der Waals surface area contributed by atoms with Gasteiger partial charge in [0.1, 0.15) is 5.75 Å². The molecule has 2 aliphatic rings. The van der Waals surface area contributed by atoms with Crippen LogP contribution in [-0.4, -0.2) is 31.6 Å². The first-order valence-corrected chi connectivity index (χ1v) is 7.98. The van der Waals surface area contributed by atoms with Gasteiger partial charge in [-0.25, -0.2) is 0 Å². The third-order valence-electron chi connectivity index (χ3n) is 5.51. The van der Waals surface area contributed by atoms with Gasteiger partial charge in [-0.2, -0.15) is 0 Å². The Kier molecular flexibility index (Phi) is 5.21. The van der Waals surface area contributed by atoms with E-state index in [0.29, 0.717) is 5.92 Å². The van der Waals surface area contributed by atoms with Gasteiger partial charge in [0.15, 0.2) is 0 Å². The topological polar surface area (TPSA) is 12.5 Å². The summed E-state index contributed by atoms with van der Waals surface area (Å²) in [5.41, 5.74) is 1.73. The van der Waals surface area contributed by atoms with Crippen LogP contribution >= 0.6 is 12.4 Å². The predicted molar refractivity (Wildman–Crippen MR) is 90.5 cm³/mol. The lowest BCUT2D eigenvalue weighted by molar-refractivity contribution is 0.107. The van der Waals surface area contributed by atoms with E-state index in [1.807, 2.05) is 6.07 Å². The molecular formula is C18H28ClNO. The smallest absolute Gasteiger partial charge is 0.119 e. The molecule has 21 heavy (non-hydrogen) atoms. The van der Waals surface area contributed by atoms with Gasteiger partial charge in [0.05, 0.1) is 7.11 Å². The lowest BCUT2D eigenvalue weighted by atomic mass is 9.68. The summed E-state index contributed by atoms with van der Waals surface area (Å²) in [7, 11) is 1.75. The second kappa shape index (κ2) is 6.58. The number of benzene rings is 1. The molecule has 0 amide bonds. The molecular weight excluding hydrogens is 282 g/mol. The van der Waals surface area contributed by atoms with E-state index in [4.69, 9.17) is 4.74 Å². The summed E-state index contributed by atoms with van der Waals surface area (Å²) in [6, 6.07) is 8.67. The Morgan fingerprint density at radius 2 is 2.10 bits per heavy atom. The number of hydrogen-bond acceptors (Lipinski definition) is 2. The molecule has 2 fully saturated rings. The SMILES string of the molecule is COc1cccc(C2(C)CCN(CC3CC3)CC2C)c1.Cl. The number of nitrogens with zero attached hydrogens (tertiary/aromatic N) is 1. The average Bonchev–Trinajstić information content (AvgIpc) is 3.27. The summed E-state index contributed by atoms with van der Waals surface area (Å²) in [6.07, 6.45) is 4.17. The number of piperidine rings is 1. The molecule has 3 rings (SSSR count). The molecule has 2 atom stereocenters. The maximum Gasteiger partial charge on any atom is 0.119 e. The monoisotopic (exact) mass is 309 g/mol. The largest absolute Gasteiger partial charge is 0.497 e. The van der Waals surface area contributed by atoms with Crippen LogP contribution in [0, 0.1) is 11.8 Å². The Labute approximate surface area is 135 Å². The fourth-order valence-corrected chi connectivity index (χ4v) is 3.56. The van der Waals surface area contributed by atoms with E-state index >= 15 is 0 Å².